The highest BCUT2D eigenvalue weighted by atomic mass is 16.5. The predicted octanol–water partition coefficient (Wildman–Crippen LogP) is 3.82. The molecule has 0 aliphatic carbocycles. The molecule has 0 spiro atoms. The van der Waals surface area contributed by atoms with Crippen molar-refractivity contribution in [2.45, 2.75) is 19.8 Å². The number of rotatable bonds is 7. The molecule has 0 aliphatic rings. The summed E-state index contributed by atoms with van der Waals surface area (Å²) >= 11 is 0. The molecule has 23 heavy (non-hydrogen) atoms. The first kappa shape index (κ1) is 16.5. The number of amides is 1. The smallest absolute Gasteiger partial charge is 0.337 e. The summed E-state index contributed by atoms with van der Waals surface area (Å²) in [7, 11) is 0. The van der Waals surface area contributed by atoms with Crippen LogP contribution < -0.4 is 10.1 Å². The Hall–Kier alpha value is -2.82. The lowest BCUT2D eigenvalue weighted by atomic mass is 10.1. The fraction of sp³-hybridized carbons (Fsp3) is 0.222. The van der Waals surface area contributed by atoms with Gasteiger partial charge in [-0.1, -0.05) is 25.5 Å². The summed E-state index contributed by atoms with van der Waals surface area (Å²) < 4.78 is 5.54. The average molecular weight is 313 g/mol. The van der Waals surface area contributed by atoms with E-state index in [1.165, 1.54) is 6.07 Å². The zero-order valence-corrected chi connectivity index (χ0v) is 12.9. The monoisotopic (exact) mass is 313 g/mol. The summed E-state index contributed by atoms with van der Waals surface area (Å²) in [6.45, 7) is 2.74. The van der Waals surface area contributed by atoms with Crippen molar-refractivity contribution in [1.82, 2.24) is 0 Å². The van der Waals surface area contributed by atoms with Crippen LogP contribution in [0.25, 0.3) is 0 Å². The van der Waals surface area contributed by atoms with E-state index in [2.05, 4.69) is 12.2 Å². The van der Waals surface area contributed by atoms with Crippen LogP contribution in [-0.4, -0.2) is 23.6 Å². The number of anilines is 1. The zero-order chi connectivity index (χ0) is 16.7. The van der Waals surface area contributed by atoms with Crippen molar-refractivity contribution in [3.05, 3.63) is 59.7 Å². The van der Waals surface area contributed by atoms with Crippen LogP contribution in [0, 0.1) is 0 Å². The van der Waals surface area contributed by atoms with Gasteiger partial charge in [0.25, 0.3) is 5.91 Å². The topological polar surface area (TPSA) is 75.6 Å². The summed E-state index contributed by atoms with van der Waals surface area (Å²) in [6.07, 6.45) is 2.04. The molecule has 120 valence electrons. The molecule has 1 amide bonds. The van der Waals surface area contributed by atoms with Gasteiger partial charge in [0.15, 0.2) is 0 Å². The minimum absolute atomic E-state index is 0.0559. The molecule has 0 bridgehead atoms. The van der Waals surface area contributed by atoms with E-state index in [9.17, 15) is 9.59 Å². The van der Waals surface area contributed by atoms with E-state index in [4.69, 9.17) is 9.84 Å². The molecule has 0 heterocycles. The highest BCUT2D eigenvalue weighted by Crippen LogP contribution is 2.18. The Morgan fingerprint density at radius 1 is 1.09 bits per heavy atom. The lowest BCUT2D eigenvalue weighted by molar-refractivity contribution is 0.0698. The molecule has 0 aliphatic heterocycles. The Kier molecular flexibility index (Phi) is 5.74. The van der Waals surface area contributed by atoms with E-state index in [1.807, 2.05) is 0 Å². The lowest BCUT2D eigenvalue weighted by Gasteiger charge is -2.09. The van der Waals surface area contributed by atoms with E-state index in [0.717, 1.165) is 12.8 Å². The van der Waals surface area contributed by atoms with Crippen molar-refractivity contribution in [2.75, 3.05) is 11.9 Å². The highest BCUT2D eigenvalue weighted by molar-refractivity contribution is 6.07. The normalized spacial score (nSPS) is 10.1. The van der Waals surface area contributed by atoms with Gasteiger partial charge in [-0.3, -0.25) is 4.79 Å². The Balaban J connectivity index is 2.05. The fourth-order valence-corrected chi connectivity index (χ4v) is 2.01. The van der Waals surface area contributed by atoms with Crippen LogP contribution in [0.15, 0.2) is 48.5 Å². The Morgan fingerprint density at radius 3 is 2.43 bits per heavy atom. The second kappa shape index (κ2) is 7.98. The maximum Gasteiger partial charge on any atom is 0.337 e. The van der Waals surface area contributed by atoms with Crippen molar-refractivity contribution < 1.29 is 19.4 Å². The van der Waals surface area contributed by atoms with Crippen molar-refractivity contribution in [3.8, 4) is 5.75 Å². The molecule has 2 N–H and O–H groups in total. The number of hydrogen-bond acceptors (Lipinski definition) is 3. The van der Waals surface area contributed by atoms with E-state index in [1.54, 1.807) is 42.5 Å². The highest BCUT2D eigenvalue weighted by Gasteiger charge is 2.12. The summed E-state index contributed by atoms with van der Waals surface area (Å²) in [5.74, 6) is -0.736. The maximum absolute atomic E-state index is 12.2. The molecule has 2 rings (SSSR count). The number of ether oxygens (including phenoxy) is 1. The maximum atomic E-state index is 12.2. The van der Waals surface area contributed by atoms with E-state index >= 15 is 0 Å². The molecule has 0 radical (unpaired) electrons. The molecule has 0 aromatic heterocycles. The summed E-state index contributed by atoms with van der Waals surface area (Å²) in [6, 6.07) is 13.1. The average Bonchev–Trinajstić information content (AvgIpc) is 2.56. The Labute approximate surface area is 134 Å². The molecule has 0 unspecified atom stereocenters. The second-order valence-electron chi connectivity index (χ2n) is 5.03. The number of nitrogens with one attached hydrogen (secondary N) is 1. The Bertz CT molecular complexity index is 680. The van der Waals surface area contributed by atoms with Crippen LogP contribution in [0.3, 0.4) is 0 Å². The number of carbonyl (C=O) groups excluding carboxylic acids is 1. The summed E-state index contributed by atoms with van der Waals surface area (Å²) in [4.78, 5) is 23.4. The quantitative estimate of drug-likeness (QED) is 0.762. The van der Waals surface area contributed by atoms with E-state index in [-0.39, 0.29) is 17.2 Å². The van der Waals surface area contributed by atoms with E-state index in [0.29, 0.717) is 17.9 Å². The summed E-state index contributed by atoms with van der Waals surface area (Å²) in [5, 5.41) is 11.7. The third-order valence-corrected chi connectivity index (χ3v) is 3.29. The second-order valence-corrected chi connectivity index (χ2v) is 5.03. The van der Waals surface area contributed by atoms with Crippen LogP contribution in [0.5, 0.6) is 5.75 Å². The van der Waals surface area contributed by atoms with Crippen LogP contribution in [0.4, 0.5) is 5.69 Å². The molecule has 0 atom stereocenters. The predicted molar refractivity (Wildman–Crippen MR) is 88.2 cm³/mol. The number of para-hydroxylation sites is 1. The Morgan fingerprint density at radius 2 is 1.78 bits per heavy atom. The first-order valence-electron chi connectivity index (χ1n) is 7.48. The standard InChI is InChI=1S/C18H19NO4/c1-2-3-12-23-14-10-8-13(9-11-14)17(20)19-16-7-5-4-6-15(16)18(21)22/h4-11H,2-3,12H2,1H3,(H,19,20)(H,21,22). The molecule has 0 saturated carbocycles. The van der Waals surface area contributed by atoms with Gasteiger partial charge in [-0.25, -0.2) is 4.79 Å². The first-order chi connectivity index (χ1) is 11.1. The summed E-state index contributed by atoms with van der Waals surface area (Å²) in [5.41, 5.74) is 0.765. The van der Waals surface area contributed by atoms with Crippen molar-refractivity contribution in [2.24, 2.45) is 0 Å². The number of carboxylic acid groups (broad SMARTS) is 1. The van der Waals surface area contributed by atoms with Gasteiger partial charge < -0.3 is 15.2 Å². The minimum Gasteiger partial charge on any atom is -0.494 e. The largest absolute Gasteiger partial charge is 0.494 e. The third kappa shape index (κ3) is 4.57. The van der Waals surface area contributed by atoms with Crippen molar-refractivity contribution in [1.29, 1.82) is 0 Å². The molecule has 2 aromatic carbocycles. The van der Waals surface area contributed by atoms with Gasteiger partial charge >= 0.3 is 5.97 Å². The molecule has 2 aromatic rings. The number of carbonyl (C=O) groups is 2. The zero-order valence-electron chi connectivity index (χ0n) is 12.9. The van der Waals surface area contributed by atoms with Crippen molar-refractivity contribution in [3.63, 3.8) is 0 Å². The number of unbranched alkanes of at least 4 members (excludes halogenated alkanes) is 1. The van der Waals surface area contributed by atoms with Gasteiger partial charge in [-0.2, -0.15) is 0 Å². The SMILES string of the molecule is CCCCOc1ccc(C(=O)Nc2ccccc2C(=O)O)cc1. The molecular weight excluding hydrogens is 294 g/mol. The number of aromatic carboxylic acids is 1. The molecule has 0 saturated heterocycles. The van der Waals surface area contributed by atoms with E-state index < -0.39 is 5.97 Å². The number of benzene rings is 2. The van der Waals surface area contributed by atoms with Gasteiger partial charge in [0.2, 0.25) is 0 Å². The van der Waals surface area contributed by atoms with Crippen LogP contribution >= 0.6 is 0 Å². The van der Waals surface area contributed by atoms with Crippen LogP contribution in [0.2, 0.25) is 0 Å². The number of carboxylic acids is 1. The molecular formula is C18H19NO4. The van der Waals surface area contributed by atoms with Crippen LogP contribution in [0.1, 0.15) is 40.5 Å². The first-order valence-corrected chi connectivity index (χ1v) is 7.48. The van der Waals surface area contributed by atoms with Gasteiger partial charge in [-0.05, 0) is 42.8 Å². The van der Waals surface area contributed by atoms with Gasteiger partial charge in [-0.15, -0.1) is 0 Å². The lowest BCUT2D eigenvalue weighted by Crippen LogP contribution is -2.14. The molecule has 0 fully saturated rings. The van der Waals surface area contributed by atoms with Crippen LogP contribution in [-0.2, 0) is 0 Å². The molecule has 5 heteroatoms. The molecule has 5 nitrogen and oxygen atoms in total. The van der Waals surface area contributed by atoms with Gasteiger partial charge in [0.1, 0.15) is 5.75 Å². The van der Waals surface area contributed by atoms with Gasteiger partial charge in [0, 0.05) is 5.56 Å². The minimum atomic E-state index is -1.08. The number of hydrogen-bond donors (Lipinski definition) is 2. The van der Waals surface area contributed by atoms with Gasteiger partial charge in [0.05, 0.1) is 17.9 Å². The van der Waals surface area contributed by atoms with Crippen molar-refractivity contribution >= 4 is 17.6 Å². The third-order valence-electron chi connectivity index (χ3n) is 3.29. The fourth-order valence-electron chi connectivity index (χ4n) is 2.01.